The van der Waals surface area contributed by atoms with Gasteiger partial charge in [0.1, 0.15) is 5.82 Å². The first kappa shape index (κ1) is 10.8. The van der Waals surface area contributed by atoms with Gasteiger partial charge in [-0.1, -0.05) is 43.3 Å². The van der Waals surface area contributed by atoms with Crippen molar-refractivity contribution in [3.8, 4) is 0 Å². The SMILES string of the molecule is CC1c2ccccc2CSc2c(F)cccc21. The van der Waals surface area contributed by atoms with E-state index in [1.807, 2.05) is 6.07 Å². The Morgan fingerprint density at radius 3 is 2.71 bits per heavy atom. The van der Waals surface area contributed by atoms with Crippen LogP contribution < -0.4 is 0 Å². The summed E-state index contributed by atoms with van der Waals surface area (Å²) in [4.78, 5) is 0.816. The molecule has 0 amide bonds. The van der Waals surface area contributed by atoms with E-state index in [2.05, 4.69) is 31.2 Å². The fraction of sp³-hybridized carbons (Fsp3) is 0.200. The lowest BCUT2D eigenvalue weighted by molar-refractivity contribution is 0.595. The fourth-order valence-corrected chi connectivity index (χ4v) is 3.60. The molecule has 3 rings (SSSR count). The second kappa shape index (κ2) is 4.19. The molecule has 1 aliphatic heterocycles. The van der Waals surface area contributed by atoms with Crippen LogP contribution in [0, 0.1) is 5.82 Å². The summed E-state index contributed by atoms with van der Waals surface area (Å²) in [5.41, 5.74) is 3.75. The highest BCUT2D eigenvalue weighted by atomic mass is 32.2. The van der Waals surface area contributed by atoms with E-state index < -0.39 is 0 Å². The van der Waals surface area contributed by atoms with Crippen LogP contribution in [-0.2, 0) is 5.75 Å². The number of fused-ring (bicyclic) bond motifs is 2. The van der Waals surface area contributed by atoms with E-state index in [4.69, 9.17) is 0 Å². The Labute approximate surface area is 105 Å². The molecule has 86 valence electrons. The van der Waals surface area contributed by atoms with E-state index in [9.17, 15) is 4.39 Å². The molecule has 0 spiro atoms. The molecule has 0 saturated carbocycles. The zero-order valence-electron chi connectivity index (χ0n) is 9.61. The Morgan fingerprint density at radius 2 is 1.82 bits per heavy atom. The first-order valence-electron chi connectivity index (χ1n) is 5.76. The molecule has 0 aromatic heterocycles. The lowest BCUT2D eigenvalue weighted by atomic mass is 9.90. The average molecular weight is 244 g/mol. The maximum absolute atomic E-state index is 13.8. The number of hydrogen-bond acceptors (Lipinski definition) is 1. The van der Waals surface area contributed by atoms with Crippen molar-refractivity contribution in [2.75, 3.05) is 0 Å². The maximum Gasteiger partial charge on any atom is 0.137 e. The molecule has 0 fully saturated rings. The molecule has 2 aromatic carbocycles. The molecular formula is C15H13FS. The van der Waals surface area contributed by atoms with Gasteiger partial charge in [-0.2, -0.15) is 0 Å². The van der Waals surface area contributed by atoms with Gasteiger partial charge in [-0.3, -0.25) is 0 Å². The van der Waals surface area contributed by atoms with Gasteiger partial charge in [-0.05, 0) is 22.8 Å². The molecule has 1 unspecified atom stereocenters. The molecule has 0 nitrogen and oxygen atoms in total. The first-order chi connectivity index (χ1) is 8.27. The third-order valence-corrected chi connectivity index (χ3v) is 4.53. The van der Waals surface area contributed by atoms with E-state index in [0.29, 0.717) is 0 Å². The minimum Gasteiger partial charge on any atom is -0.206 e. The van der Waals surface area contributed by atoms with Crippen molar-refractivity contribution in [2.24, 2.45) is 0 Å². The molecule has 0 aliphatic carbocycles. The fourth-order valence-electron chi connectivity index (χ4n) is 2.42. The molecule has 2 heteroatoms. The normalized spacial score (nSPS) is 18.1. The molecule has 0 N–H and O–H groups in total. The zero-order chi connectivity index (χ0) is 11.8. The van der Waals surface area contributed by atoms with Crippen LogP contribution in [0.5, 0.6) is 0 Å². The van der Waals surface area contributed by atoms with Gasteiger partial charge in [0.15, 0.2) is 0 Å². The number of rotatable bonds is 0. The van der Waals surface area contributed by atoms with Crippen LogP contribution >= 0.6 is 11.8 Å². The van der Waals surface area contributed by atoms with Gasteiger partial charge in [0, 0.05) is 16.6 Å². The van der Waals surface area contributed by atoms with Crippen LogP contribution in [-0.4, -0.2) is 0 Å². The zero-order valence-corrected chi connectivity index (χ0v) is 10.4. The van der Waals surface area contributed by atoms with Gasteiger partial charge in [0.05, 0.1) is 0 Å². The minimum absolute atomic E-state index is 0.0906. The summed E-state index contributed by atoms with van der Waals surface area (Å²) >= 11 is 1.61. The van der Waals surface area contributed by atoms with Crippen LogP contribution in [0.2, 0.25) is 0 Å². The van der Waals surface area contributed by atoms with E-state index in [1.54, 1.807) is 23.9 Å². The maximum atomic E-state index is 13.8. The summed E-state index contributed by atoms with van der Waals surface area (Å²) in [6.45, 7) is 2.16. The molecule has 0 radical (unpaired) electrons. The van der Waals surface area contributed by atoms with Crippen molar-refractivity contribution in [1.82, 2.24) is 0 Å². The van der Waals surface area contributed by atoms with E-state index in [0.717, 1.165) is 16.2 Å². The summed E-state index contributed by atoms with van der Waals surface area (Å²) in [6.07, 6.45) is 0. The van der Waals surface area contributed by atoms with Crippen LogP contribution in [0.3, 0.4) is 0 Å². The third-order valence-electron chi connectivity index (χ3n) is 3.36. The second-order valence-corrected chi connectivity index (χ2v) is 5.35. The summed E-state index contributed by atoms with van der Waals surface area (Å²) in [7, 11) is 0. The summed E-state index contributed by atoms with van der Waals surface area (Å²) in [5.74, 6) is 1.04. The largest absolute Gasteiger partial charge is 0.206 e. The van der Waals surface area contributed by atoms with Gasteiger partial charge >= 0.3 is 0 Å². The van der Waals surface area contributed by atoms with Gasteiger partial charge in [-0.15, -0.1) is 11.8 Å². The summed E-state index contributed by atoms with van der Waals surface area (Å²) in [5, 5.41) is 0. The van der Waals surface area contributed by atoms with E-state index in [1.165, 1.54) is 11.1 Å². The van der Waals surface area contributed by atoms with Crippen molar-refractivity contribution < 1.29 is 4.39 Å². The van der Waals surface area contributed by atoms with Crippen molar-refractivity contribution in [3.05, 3.63) is 65.0 Å². The number of hydrogen-bond donors (Lipinski definition) is 0. The van der Waals surface area contributed by atoms with Gasteiger partial charge in [-0.25, -0.2) is 4.39 Å². The van der Waals surface area contributed by atoms with Crippen molar-refractivity contribution >= 4 is 11.8 Å². The highest BCUT2D eigenvalue weighted by Gasteiger charge is 2.21. The first-order valence-corrected chi connectivity index (χ1v) is 6.75. The van der Waals surface area contributed by atoms with Crippen molar-refractivity contribution in [3.63, 3.8) is 0 Å². The molecule has 1 heterocycles. The Hall–Kier alpha value is -1.28. The third kappa shape index (κ3) is 1.77. The predicted molar refractivity (Wildman–Crippen MR) is 69.9 cm³/mol. The van der Waals surface area contributed by atoms with Crippen LogP contribution in [0.4, 0.5) is 4.39 Å². The molecule has 1 aliphatic rings. The molecule has 0 saturated heterocycles. The lowest BCUT2D eigenvalue weighted by Crippen LogP contribution is -1.99. The summed E-state index contributed by atoms with van der Waals surface area (Å²) < 4.78 is 13.8. The Balaban J connectivity index is 2.20. The van der Waals surface area contributed by atoms with Crippen LogP contribution in [0.25, 0.3) is 0 Å². The molecule has 0 bridgehead atoms. The smallest absolute Gasteiger partial charge is 0.137 e. The molecule has 17 heavy (non-hydrogen) atoms. The summed E-state index contributed by atoms with van der Waals surface area (Å²) in [6, 6.07) is 13.8. The standard InChI is InChI=1S/C15H13FS/c1-10-12-6-3-2-5-11(12)9-17-15-13(10)7-4-8-14(15)16/h2-8,10H,9H2,1H3. The number of thioether (sulfide) groups is 1. The number of benzene rings is 2. The van der Waals surface area contributed by atoms with Crippen LogP contribution in [0.15, 0.2) is 47.4 Å². The van der Waals surface area contributed by atoms with E-state index in [-0.39, 0.29) is 11.7 Å². The topological polar surface area (TPSA) is 0 Å². The molecular weight excluding hydrogens is 231 g/mol. The highest BCUT2D eigenvalue weighted by Crippen LogP contribution is 2.41. The highest BCUT2D eigenvalue weighted by molar-refractivity contribution is 7.98. The molecule has 2 aromatic rings. The Morgan fingerprint density at radius 1 is 1.06 bits per heavy atom. The Kier molecular flexibility index (Phi) is 2.67. The van der Waals surface area contributed by atoms with E-state index >= 15 is 0 Å². The lowest BCUT2D eigenvalue weighted by Gasteiger charge is -2.14. The Bertz CT molecular complexity index is 563. The minimum atomic E-state index is -0.0906. The van der Waals surface area contributed by atoms with Crippen LogP contribution in [0.1, 0.15) is 29.5 Å². The monoisotopic (exact) mass is 244 g/mol. The average Bonchev–Trinajstić information content (AvgIpc) is 2.50. The predicted octanol–water partition coefficient (Wildman–Crippen LogP) is 4.58. The number of halogens is 1. The van der Waals surface area contributed by atoms with Gasteiger partial charge in [0.2, 0.25) is 0 Å². The quantitative estimate of drug-likeness (QED) is 0.653. The molecule has 1 atom stereocenters. The second-order valence-electron chi connectivity index (χ2n) is 4.37. The van der Waals surface area contributed by atoms with Gasteiger partial charge in [0.25, 0.3) is 0 Å². The van der Waals surface area contributed by atoms with Crippen molar-refractivity contribution in [2.45, 2.75) is 23.5 Å². The van der Waals surface area contributed by atoms with Gasteiger partial charge < -0.3 is 0 Å². The van der Waals surface area contributed by atoms with Crippen molar-refractivity contribution in [1.29, 1.82) is 0 Å².